The lowest BCUT2D eigenvalue weighted by Crippen LogP contribution is -2.25. The summed E-state index contributed by atoms with van der Waals surface area (Å²) in [7, 11) is 0. The van der Waals surface area contributed by atoms with Gasteiger partial charge in [-0.3, -0.25) is 4.79 Å². The van der Waals surface area contributed by atoms with Crippen LogP contribution in [-0.4, -0.2) is 24.0 Å². The Morgan fingerprint density at radius 3 is 2.67 bits per heavy atom. The van der Waals surface area contributed by atoms with Crippen LogP contribution in [0.3, 0.4) is 0 Å². The maximum Gasteiger partial charge on any atom is 0.269 e. The average Bonchev–Trinajstić information content (AvgIpc) is 2.46. The number of anilines is 1. The van der Waals surface area contributed by atoms with Crippen molar-refractivity contribution in [3.63, 3.8) is 0 Å². The van der Waals surface area contributed by atoms with Gasteiger partial charge in [-0.05, 0) is 31.4 Å². The molecule has 118 valence electrons. The topological polar surface area (TPSA) is 54.0 Å². The van der Waals surface area contributed by atoms with Gasteiger partial charge in [-0.25, -0.2) is 4.98 Å². The van der Waals surface area contributed by atoms with Gasteiger partial charge in [0.2, 0.25) is 0 Å². The first kappa shape index (κ1) is 17.5. The largest absolute Gasteiger partial charge is 0.370 e. The summed E-state index contributed by atoms with van der Waals surface area (Å²) < 4.78 is 0. The number of carbonyl (C=O) groups excluding carboxylic acids is 1. The first-order valence-electron chi connectivity index (χ1n) is 8.12. The fraction of sp³-hybridized carbons (Fsp3) is 0.647. The van der Waals surface area contributed by atoms with Crippen molar-refractivity contribution in [2.45, 2.75) is 52.9 Å². The predicted octanol–water partition coefficient (Wildman–Crippen LogP) is 3.85. The molecule has 0 saturated carbocycles. The van der Waals surface area contributed by atoms with Gasteiger partial charge in [0.15, 0.2) is 0 Å². The molecule has 21 heavy (non-hydrogen) atoms. The molecule has 0 unspecified atom stereocenters. The Morgan fingerprint density at radius 1 is 1.19 bits per heavy atom. The highest BCUT2D eigenvalue weighted by Gasteiger charge is 2.06. The van der Waals surface area contributed by atoms with Gasteiger partial charge < -0.3 is 10.6 Å². The van der Waals surface area contributed by atoms with Crippen molar-refractivity contribution >= 4 is 11.7 Å². The van der Waals surface area contributed by atoms with Gasteiger partial charge in [0.05, 0.1) is 0 Å². The van der Waals surface area contributed by atoms with Crippen molar-refractivity contribution in [2.24, 2.45) is 5.92 Å². The smallest absolute Gasteiger partial charge is 0.269 e. The summed E-state index contributed by atoms with van der Waals surface area (Å²) in [4.78, 5) is 16.3. The molecule has 1 heterocycles. The lowest BCUT2D eigenvalue weighted by molar-refractivity contribution is 0.0948. The van der Waals surface area contributed by atoms with Crippen molar-refractivity contribution in [3.05, 3.63) is 23.9 Å². The van der Waals surface area contributed by atoms with E-state index in [1.165, 1.54) is 25.7 Å². The van der Waals surface area contributed by atoms with Gasteiger partial charge in [0.1, 0.15) is 11.5 Å². The molecule has 0 spiro atoms. The van der Waals surface area contributed by atoms with Crippen molar-refractivity contribution in [2.75, 3.05) is 18.4 Å². The molecule has 1 amide bonds. The zero-order valence-electron chi connectivity index (χ0n) is 13.6. The van der Waals surface area contributed by atoms with Crippen LogP contribution in [0.15, 0.2) is 18.2 Å². The lowest BCUT2D eigenvalue weighted by atomic mass is 10.0. The molecule has 0 radical (unpaired) electrons. The fourth-order valence-electron chi connectivity index (χ4n) is 2.16. The number of unbranched alkanes of at least 4 members (excludes halogenated alkanes) is 3. The van der Waals surface area contributed by atoms with E-state index in [9.17, 15) is 4.79 Å². The Bertz CT molecular complexity index is 418. The Kier molecular flexibility index (Phi) is 8.48. The van der Waals surface area contributed by atoms with Crippen LogP contribution in [0.4, 0.5) is 5.82 Å². The van der Waals surface area contributed by atoms with Crippen LogP contribution in [0.1, 0.15) is 63.4 Å². The fourth-order valence-corrected chi connectivity index (χ4v) is 2.16. The number of hydrogen-bond donors (Lipinski definition) is 2. The molecule has 1 aromatic heterocycles. The normalized spacial score (nSPS) is 10.7. The number of aromatic nitrogens is 1. The highest BCUT2D eigenvalue weighted by atomic mass is 16.1. The summed E-state index contributed by atoms with van der Waals surface area (Å²) in [5, 5.41) is 6.05. The summed E-state index contributed by atoms with van der Waals surface area (Å²) in [5.74, 6) is 1.45. The van der Waals surface area contributed by atoms with E-state index < -0.39 is 0 Å². The molecule has 2 N–H and O–H groups in total. The van der Waals surface area contributed by atoms with Gasteiger partial charge in [0.25, 0.3) is 5.91 Å². The number of rotatable bonds is 10. The second-order valence-corrected chi connectivity index (χ2v) is 5.79. The monoisotopic (exact) mass is 291 g/mol. The van der Waals surface area contributed by atoms with Crippen LogP contribution in [0, 0.1) is 5.92 Å². The molecule has 0 aliphatic rings. The van der Waals surface area contributed by atoms with Gasteiger partial charge >= 0.3 is 0 Å². The molecule has 4 nitrogen and oxygen atoms in total. The minimum absolute atomic E-state index is 0.0862. The van der Waals surface area contributed by atoms with Crippen LogP contribution < -0.4 is 10.6 Å². The third-order valence-electron chi connectivity index (χ3n) is 3.33. The third kappa shape index (κ3) is 7.69. The van der Waals surface area contributed by atoms with Crippen LogP contribution in [0.5, 0.6) is 0 Å². The number of nitrogens with zero attached hydrogens (tertiary/aromatic N) is 1. The molecular weight excluding hydrogens is 262 g/mol. The minimum atomic E-state index is -0.0862. The van der Waals surface area contributed by atoms with E-state index in [2.05, 4.69) is 29.5 Å². The summed E-state index contributed by atoms with van der Waals surface area (Å²) in [6.07, 6.45) is 6.06. The Balaban J connectivity index is 2.20. The Morgan fingerprint density at radius 2 is 1.95 bits per heavy atom. The minimum Gasteiger partial charge on any atom is -0.370 e. The zero-order chi connectivity index (χ0) is 15.5. The molecule has 4 heteroatoms. The van der Waals surface area contributed by atoms with E-state index in [0.29, 0.717) is 5.69 Å². The quantitative estimate of drug-likeness (QED) is 0.644. The number of nitrogens with one attached hydrogen (secondary N) is 2. The molecule has 0 fully saturated rings. The van der Waals surface area contributed by atoms with E-state index >= 15 is 0 Å². The lowest BCUT2D eigenvalue weighted by Gasteiger charge is -2.07. The van der Waals surface area contributed by atoms with Crippen molar-refractivity contribution < 1.29 is 4.79 Å². The summed E-state index contributed by atoms with van der Waals surface area (Å²) in [6, 6.07) is 5.47. The Hall–Kier alpha value is -1.58. The molecule has 0 aromatic carbocycles. The standard InChI is InChI=1S/C17H29N3O/c1-4-18-16-12-9-11-15(20-16)17(21)19-13-8-6-5-7-10-14(2)3/h9,11-12,14H,4-8,10,13H2,1-3H3,(H,18,20)(H,19,21). The molecule has 0 saturated heterocycles. The summed E-state index contributed by atoms with van der Waals surface area (Å²) in [5.41, 5.74) is 0.480. The maximum atomic E-state index is 12.0. The van der Waals surface area contributed by atoms with Crippen molar-refractivity contribution in [1.82, 2.24) is 10.3 Å². The van der Waals surface area contributed by atoms with Crippen LogP contribution in [-0.2, 0) is 0 Å². The first-order chi connectivity index (χ1) is 10.1. The van der Waals surface area contributed by atoms with Crippen molar-refractivity contribution in [1.29, 1.82) is 0 Å². The third-order valence-corrected chi connectivity index (χ3v) is 3.33. The van der Waals surface area contributed by atoms with Gasteiger partial charge in [-0.15, -0.1) is 0 Å². The molecule has 0 atom stereocenters. The molecule has 1 rings (SSSR count). The van der Waals surface area contributed by atoms with Crippen LogP contribution in [0.25, 0.3) is 0 Å². The second-order valence-electron chi connectivity index (χ2n) is 5.79. The highest BCUT2D eigenvalue weighted by molar-refractivity contribution is 5.92. The summed E-state index contributed by atoms with van der Waals surface area (Å²) >= 11 is 0. The number of hydrogen-bond acceptors (Lipinski definition) is 3. The van der Waals surface area contributed by atoms with E-state index in [1.807, 2.05) is 19.1 Å². The van der Waals surface area contributed by atoms with Crippen LogP contribution >= 0.6 is 0 Å². The number of pyridine rings is 1. The Labute approximate surface area is 128 Å². The van der Waals surface area contributed by atoms with E-state index in [-0.39, 0.29) is 5.91 Å². The molecule has 0 aliphatic carbocycles. The van der Waals surface area contributed by atoms with Crippen LogP contribution in [0.2, 0.25) is 0 Å². The second kappa shape index (κ2) is 10.2. The highest BCUT2D eigenvalue weighted by Crippen LogP contribution is 2.09. The predicted molar refractivity (Wildman–Crippen MR) is 88.7 cm³/mol. The molecule has 1 aromatic rings. The molecule has 0 aliphatic heterocycles. The summed E-state index contributed by atoms with van der Waals surface area (Å²) in [6.45, 7) is 8.05. The van der Waals surface area contributed by atoms with E-state index in [0.717, 1.165) is 31.2 Å². The van der Waals surface area contributed by atoms with E-state index in [4.69, 9.17) is 0 Å². The van der Waals surface area contributed by atoms with Gasteiger partial charge in [0, 0.05) is 13.1 Å². The van der Waals surface area contributed by atoms with Gasteiger partial charge in [-0.1, -0.05) is 45.6 Å². The van der Waals surface area contributed by atoms with E-state index in [1.54, 1.807) is 6.07 Å². The molecular formula is C17H29N3O. The first-order valence-corrected chi connectivity index (χ1v) is 8.12. The maximum absolute atomic E-state index is 12.0. The zero-order valence-corrected chi connectivity index (χ0v) is 13.6. The van der Waals surface area contributed by atoms with Crippen molar-refractivity contribution in [3.8, 4) is 0 Å². The molecule has 0 bridgehead atoms. The van der Waals surface area contributed by atoms with Gasteiger partial charge in [-0.2, -0.15) is 0 Å². The SMILES string of the molecule is CCNc1cccc(C(=O)NCCCCCCC(C)C)n1. The average molecular weight is 291 g/mol. The number of carbonyl (C=O) groups is 1. The number of amides is 1.